The minimum absolute atomic E-state index is 0.102. The number of hydrogen-bond acceptors (Lipinski definition) is 5. The zero-order chi connectivity index (χ0) is 20.7. The number of anilines is 1. The number of halogens is 3. The Morgan fingerprint density at radius 1 is 1.29 bits per heavy atom. The summed E-state index contributed by atoms with van der Waals surface area (Å²) in [6.07, 6.45) is -0.704. The van der Waals surface area contributed by atoms with Gasteiger partial charge in [-0.15, -0.1) is 0 Å². The Bertz CT molecular complexity index is 871. The predicted octanol–water partition coefficient (Wildman–Crippen LogP) is 3.05. The van der Waals surface area contributed by atoms with Gasteiger partial charge in [0.15, 0.2) is 5.69 Å². The van der Waals surface area contributed by atoms with Gasteiger partial charge in [0.1, 0.15) is 0 Å². The zero-order valence-corrected chi connectivity index (χ0v) is 16.0. The standard InChI is InChI=1S/C18H23F3N6O/c1-17(2,3)27-14(18(19,20)21)12(9-24-27)15(28)26-8-4-5-11(10-26)13-6-7-23-16(22)25-13/h6-7,9,11H,4-5,8,10H2,1-3H3,(H2,22,23,25). The van der Waals surface area contributed by atoms with Crippen molar-refractivity contribution in [1.29, 1.82) is 0 Å². The van der Waals surface area contributed by atoms with Crippen LogP contribution in [0.1, 0.15) is 61.3 Å². The molecular weight excluding hydrogens is 373 g/mol. The lowest BCUT2D eigenvalue weighted by Gasteiger charge is -2.32. The van der Waals surface area contributed by atoms with Crippen molar-refractivity contribution in [2.24, 2.45) is 0 Å². The maximum atomic E-state index is 13.7. The summed E-state index contributed by atoms with van der Waals surface area (Å²) in [6, 6.07) is 1.72. The van der Waals surface area contributed by atoms with Crippen molar-refractivity contribution in [1.82, 2.24) is 24.6 Å². The number of amides is 1. The molecule has 0 bridgehead atoms. The van der Waals surface area contributed by atoms with Crippen LogP contribution in [0.3, 0.4) is 0 Å². The number of aromatic nitrogens is 4. The molecule has 1 atom stereocenters. The van der Waals surface area contributed by atoms with Crippen molar-refractivity contribution in [3.63, 3.8) is 0 Å². The van der Waals surface area contributed by atoms with Gasteiger partial charge in [0.05, 0.1) is 23.0 Å². The number of rotatable bonds is 2. The summed E-state index contributed by atoms with van der Waals surface area (Å²) in [5.41, 5.74) is 3.96. The van der Waals surface area contributed by atoms with Crippen molar-refractivity contribution >= 4 is 11.9 Å². The van der Waals surface area contributed by atoms with Crippen LogP contribution in [-0.4, -0.2) is 43.6 Å². The molecular formula is C18H23F3N6O. The fraction of sp³-hybridized carbons (Fsp3) is 0.556. The largest absolute Gasteiger partial charge is 0.433 e. The first-order valence-corrected chi connectivity index (χ1v) is 9.02. The van der Waals surface area contributed by atoms with Gasteiger partial charge in [-0.25, -0.2) is 9.97 Å². The van der Waals surface area contributed by atoms with Crippen LogP contribution >= 0.6 is 0 Å². The second-order valence-corrected chi connectivity index (χ2v) is 7.92. The van der Waals surface area contributed by atoms with Crippen LogP contribution < -0.4 is 5.73 Å². The Kier molecular flexibility index (Phi) is 5.07. The van der Waals surface area contributed by atoms with Gasteiger partial charge in [-0.2, -0.15) is 18.3 Å². The summed E-state index contributed by atoms with van der Waals surface area (Å²) in [4.78, 5) is 22.4. The molecule has 0 spiro atoms. The Balaban J connectivity index is 1.91. The van der Waals surface area contributed by atoms with Crippen LogP contribution in [0, 0.1) is 0 Å². The van der Waals surface area contributed by atoms with E-state index in [0.29, 0.717) is 18.7 Å². The maximum Gasteiger partial charge on any atom is 0.433 e. The van der Waals surface area contributed by atoms with Crippen molar-refractivity contribution in [2.45, 2.75) is 51.2 Å². The number of nitrogen functional groups attached to an aromatic ring is 1. The van der Waals surface area contributed by atoms with Gasteiger partial charge in [0.25, 0.3) is 5.91 Å². The molecule has 1 fully saturated rings. The van der Waals surface area contributed by atoms with Gasteiger partial charge in [-0.1, -0.05) is 0 Å². The molecule has 2 aromatic heterocycles. The second-order valence-electron chi connectivity index (χ2n) is 7.92. The molecule has 3 heterocycles. The van der Waals surface area contributed by atoms with Gasteiger partial charge in [-0.3, -0.25) is 9.48 Å². The highest BCUT2D eigenvalue weighted by Gasteiger charge is 2.43. The molecule has 152 valence electrons. The number of piperidine rings is 1. The molecule has 0 aliphatic carbocycles. The number of likely N-dealkylation sites (tertiary alicyclic amines) is 1. The second kappa shape index (κ2) is 7.06. The highest BCUT2D eigenvalue weighted by atomic mass is 19.4. The van der Waals surface area contributed by atoms with Gasteiger partial charge >= 0.3 is 6.18 Å². The third-order valence-corrected chi connectivity index (χ3v) is 4.73. The number of carbonyl (C=O) groups is 1. The molecule has 2 N–H and O–H groups in total. The van der Waals surface area contributed by atoms with Gasteiger partial charge < -0.3 is 10.6 Å². The third kappa shape index (κ3) is 3.95. The molecule has 1 amide bonds. The average molecular weight is 396 g/mol. The van der Waals surface area contributed by atoms with E-state index in [-0.39, 0.29) is 18.4 Å². The first kappa shape index (κ1) is 20.1. The van der Waals surface area contributed by atoms with Crippen LogP contribution in [0.15, 0.2) is 18.5 Å². The summed E-state index contributed by atoms with van der Waals surface area (Å²) < 4.78 is 42.0. The van der Waals surface area contributed by atoms with E-state index < -0.39 is 28.9 Å². The van der Waals surface area contributed by atoms with Crippen molar-refractivity contribution in [2.75, 3.05) is 18.8 Å². The minimum Gasteiger partial charge on any atom is -0.368 e. The molecule has 2 aromatic rings. The van der Waals surface area contributed by atoms with Crippen molar-refractivity contribution in [3.8, 4) is 0 Å². The van der Waals surface area contributed by atoms with E-state index in [9.17, 15) is 18.0 Å². The molecule has 10 heteroatoms. The Hall–Kier alpha value is -2.65. The van der Waals surface area contributed by atoms with Crippen LogP contribution in [0.4, 0.5) is 19.1 Å². The Labute approximate surface area is 160 Å². The average Bonchev–Trinajstić information content (AvgIpc) is 3.07. The molecule has 1 saturated heterocycles. The molecule has 7 nitrogen and oxygen atoms in total. The molecule has 1 unspecified atom stereocenters. The van der Waals surface area contributed by atoms with E-state index in [4.69, 9.17) is 5.73 Å². The number of carbonyl (C=O) groups excluding carboxylic acids is 1. The smallest absolute Gasteiger partial charge is 0.368 e. The van der Waals surface area contributed by atoms with Crippen molar-refractivity contribution in [3.05, 3.63) is 35.4 Å². The monoisotopic (exact) mass is 396 g/mol. The maximum absolute atomic E-state index is 13.7. The van der Waals surface area contributed by atoms with E-state index in [1.807, 2.05) is 0 Å². The normalized spacial score (nSPS) is 18.4. The van der Waals surface area contributed by atoms with E-state index in [2.05, 4.69) is 15.1 Å². The molecule has 0 radical (unpaired) electrons. The molecule has 1 aliphatic heterocycles. The summed E-state index contributed by atoms with van der Waals surface area (Å²) >= 11 is 0. The number of nitrogens with zero attached hydrogens (tertiary/aromatic N) is 5. The molecule has 0 saturated carbocycles. The third-order valence-electron chi connectivity index (χ3n) is 4.73. The zero-order valence-electron chi connectivity index (χ0n) is 16.0. The van der Waals surface area contributed by atoms with Gasteiger partial charge in [0, 0.05) is 25.2 Å². The lowest BCUT2D eigenvalue weighted by Crippen LogP contribution is -2.40. The lowest BCUT2D eigenvalue weighted by molar-refractivity contribution is -0.146. The first-order valence-electron chi connectivity index (χ1n) is 9.02. The van der Waals surface area contributed by atoms with E-state index in [0.717, 1.165) is 17.3 Å². The highest BCUT2D eigenvalue weighted by Crippen LogP contribution is 2.36. The lowest BCUT2D eigenvalue weighted by atomic mass is 9.94. The topological polar surface area (TPSA) is 89.9 Å². The minimum atomic E-state index is -4.69. The number of alkyl halides is 3. The van der Waals surface area contributed by atoms with Crippen molar-refractivity contribution < 1.29 is 18.0 Å². The summed E-state index contributed by atoms with van der Waals surface area (Å²) in [7, 11) is 0. The Morgan fingerprint density at radius 2 is 2.00 bits per heavy atom. The summed E-state index contributed by atoms with van der Waals surface area (Å²) in [5, 5.41) is 3.87. The molecule has 0 aromatic carbocycles. The van der Waals surface area contributed by atoms with Crippen LogP contribution in [0.5, 0.6) is 0 Å². The Morgan fingerprint density at radius 3 is 2.61 bits per heavy atom. The fourth-order valence-corrected chi connectivity index (χ4v) is 3.48. The fourth-order valence-electron chi connectivity index (χ4n) is 3.48. The van der Waals surface area contributed by atoms with Gasteiger partial charge in [0.2, 0.25) is 5.95 Å². The van der Waals surface area contributed by atoms with E-state index >= 15 is 0 Å². The first-order chi connectivity index (χ1) is 13.0. The van der Waals surface area contributed by atoms with Crippen LogP contribution in [0.25, 0.3) is 0 Å². The van der Waals surface area contributed by atoms with Crippen LogP contribution in [-0.2, 0) is 11.7 Å². The molecule has 28 heavy (non-hydrogen) atoms. The number of hydrogen-bond donors (Lipinski definition) is 1. The quantitative estimate of drug-likeness (QED) is 0.843. The highest BCUT2D eigenvalue weighted by molar-refractivity contribution is 5.95. The summed E-state index contributed by atoms with van der Waals surface area (Å²) in [5.74, 6) is -0.642. The summed E-state index contributed by atoms with van der Waals surface area (Å²) in [6.45, 7) is 5.49. The van der Waals surface area contributed by atoms with Gasteiger partial charge in [-0.05, 0) is 39.7 Å². The van der Waals surface area contributed by atoms with Crippen LogP contribution in [0.2, 0.25) is 0 Å². The number of nitrogens with two attached hydrogens (primary N) is 1. The predicted molar refractivity (Wildman–Crippen MR) is 96.5 cm³/mol. The van der Waals surface area contributed by atoms with E-state index in [1.54, 1.807) is 26.8 Å². The molecule has 1 aliphatic rings. The SMILES string of the molecule is CC(C)(C)n1ncc(C(=O)N2CCCC(c3ccnc(N)n3)C2)c1C(F)(F)F. The molecule has 3 rings (SSSR count). The van der Waals surface area contributed by atoms with E-state index in [1.165, 1.54) is 11.1 Å².